The molecule has 3 heterocycles. The smallest absolute Gasteiger partial charge is 0.342 e. The molecule has 1 aliphatic heterocycles. The van der Waals surface area contributed by atoms with E-state index in [1.54, 1.807) is 11.1 Å². The molecule has 1 atom stereocenters. The van der Waals surface area contributed by atoms with Crippen molar-refractivity contribution in [3.05, 3.63) is 24.0 Å². The van der Waals surface area contributed by atoms with Crippen LogP contribution >= 0.6 is 0 Å². The molecule has 0 spiro atoms. The largest absolute Gasteiger partial charge is 0.459 e. The molecule has 1 saturated carbocycles. The Morgan fingerprint density at radius 3 is 3.04 bits per heavy atom. The molecule has 2 aromatic heterocycles. The SMILES string of the molecule is N#CCC(=O)N1CCC[C@@H](Nc2c(C(=O)OC3CC3)cnc3[nH]ccc23)C1. The monoisotopic (exact) mass is 367 g/mol. The van der Waals surface area contributed by atoms with Gasteiger partial charge in [-0.1, -0.05) is 0 Å². The molecule has 0 radical (unpaired) electrons. The number of hydrogen-bond donors (Lipinski definition) is 2. The van der Waals surface area contributed by atoms with Crippen LogP contribution in [-0.4, -0.2) is 52.0 Å². The van der Waals surface area contributed by atoms with E-state index in [1.165, 1.54) is 6.20 Å². The number of carbonyl (C=O) groups excluding carboxylic acids is 2. The first-order valence-electron chi connectivity index (χ1n) is 9.24. The van der Waals surface area contributed by atoms with E-state index in [4.69, 9.17) is 10.00 Å². The number of likely N-dealkylation sites (tertiary alicyclic amines) is 1. The number of esters is 1. The molecule has 27 heavy (non-hydrogen) atoms. The van der Waals surface area contributed by atoms with E-state index in [-0.39, 0.29) is 30.4 Å². The first-order chi connectivity index (χ1) is 13.2. The van der Waals surface area contributed by atoms with E-state index >= 15 is 0 Å². The summed E-state index contributed by atoms with van der Waals surface area (Å²) in [6.45, 7) is 1.16. The molecular formula is C19H21N5O3. The van der Waals surface area contributed by atoms with E-state index in [9.17, 15) is 9.59 Å². The van der Waals surface area contributed by atoms with Crippen molar-refractivity contribution in [1.29, 1.82) is 5.26 Å². The summed E-state index contributed by atoms with van der Waals surface area (Å²) in [5, 5.41) is 13.0. The van der Waals surface area contributed by atoms with Gasteiger partial charge in [0.2, 0.25) is 5.91 Å². The van der Waals surface area contributed by atoms with Crippen LogP contribution in [0.4, 0.5) is 5.69 Å². The molecule has 8 nitrogen and oxygen atoms in total. The van der Waals surface area contributed by atoms with E-state index in [2.05, 4.69) is 15.3 Å². The number of anilines is 1. The quantitative estimate of drug-likeness (QED) is 0.784. The Hall–Kier alpha value is -3.08. The standard InChI is InChI=1S/C19H21N5O3/c20-7-5-16(25)24-9-1-2-12(11-24)23-17-14-6-8-21-18(14)22-10-15(17)19(26)27-13-3-4-13/h6,8,10,12-13H,1-5,9,11H2,(H2,21,22,23)/t12-/m1/s1. The topological polar surface area (TPSA) is 111 Å². The van der Waals surface area contributed by atoms with Crippen LogP contribution in [0.3, 0.4) is 0 Å². The third-order valence-electron chi connectivity index (χ3n) is 4.96. The summed E-state index contributed by atoms with van der Waals surface area (Å²) in [5.74, 6) is -0.525. The van der Waals surface area contributed by atoms with Crippen molar-refractivity contribution >= 4 is 28.6 Å². The van der Waals surface area contributed by atoms with Crippen LogP contribution in [0, 0.1) is 11.3 Å². The Morgan fingerprint density at radius 1 is 1.41 bits per heavy atom. The van der Waals surface area contributed by atoms with Gasteiger partial charge in [0.05, 0.1) is 11.8 Å². The number of aromatic amines is 1. The van der Waals surface area contributed by atoms with Crippen LogP contribution in [0.15, 0.2) is 18.5 Å². The minimum atomic E-state index is -0.371. The number of aromatic nitrogens is 2. The van der Waals surface area contributed by atoms with Crippen LogP contribution in [0.5, 0.6) is 0 Å². The van der Waals surface area contributed by atoms with Crippen molar-refractivity contribution in [1.82, 2.24) is 14.9 Å². The number of ether oxygens (including phenoxy) is 1. The summed E-state index contributed by atoms with van der Waals surface area (Å²) < 4.78 is 5.46. The van der Waals surface area contributed by atoms with E-state index in [0.717, 1.165) is 31.1 Å². The van der Waals surface area contributed by atoms with Gasteiger partial charge in [-0.25, -0.2) is 9.78 Å². The molecule has 2 aliphatic rings. The van der Waals surface area contributed by atoms with Crippen LogP contribution in [0.2, 0.25) is 0 Å². The third-order valence-corrected chi connectivity index (χ3v) is 4.96. The molecular weight excluding hydrogens is 346 g/mol. The van der Waals surface area contributed by atoms with Crippen molar-refractivity contribution in [3.63, 3.8) is 0 Å². The molecule has 1 amide bonds. The van der Waals surface area contributed by atoms with Crippen LogP contribution in [-0.2, 0) is 9.53 Å². The van der Waals surface area contributed by atoms with Crippen molar-refractivity contribution in [3.8, 4) is 6.07 Å². The van der Waals surface area contributed by atoms with Gasteiger partial charge >= 0.3 is 5.97 Å². The van der Waals surface area contributed by atoms with Crippen molar-refractivity contribution in [2.24, 2.45) is 0 Å². The zero-order chi connectivity index (χ0) is 18.8. The molecule has 4 rings (SSSR count). The van der Waals surface area contributed by atoms with Gasteiger partial charge in [0, 0.05) is 36.9 Å². The number of nitrogens with zero attached hydrogens (tertiary/aromatic N) is 3. The normalized spacial score (nSPS) is 19.5. The first-order valence-corrected chi connectivity index (χ1v) is 9.24. The average molecular weight is 367 g/mol. The van der Waals surface area contributed by atoms with Gasteiger partial charge in [0.1, 0.15) is 23.7 Å². The number of rotatable bonds is 5. The number of hydrogen-bond acceptors (Lipinski definition) is 6. The molecule has 0 aromatic carbocycles. The highest BCUT2D eigenvalue weighted by Crippen LogP contribution is 2.31. The summed E-state index contributed by atoms with van der Waals surface area (Å²) >= 11 is 0. The van der Waals surface area contributed by atoms with Gasteiger partial charge in [-0.3, -0.25) is 4.79 Å². The highest BCUT2D eigenvalue weighted by Gasteiger charge is 2.30. The average Bonchev–Trinajstić information content (AvgIpc) is 3.34. The Labute approximate surface area is 156 Å². The number of piperidine rings is 1. The van der Waals surface area contributed by atoms with Gasteiger partial charge < -0.3 is 19.9 Å². The van der Waals surface area contributed by atoms with Gasteiger partial charge in [0.15, 0.2) is 0 Å². The fraction of sp³-hybridized carbons (Fsp3) is 0.474. The van der Waals surface area contributed by atoms with E-state index < -0.39 is 0 Å². The minimum absolute atomic E-state index is 0.00521. The molecule has 8 heteroatoms. The third kappa shape index (κ3) is 3.72. The second-order valence-electron chi connectivity index (χ2n) is 7.05. The fourth-order valence-corrected chi connectivity index (χ4v) is 3.42. The number of carbonyl (C=O) groups is 2. The van der Waals surface area contributed by atoms with Crippen LogP contribution < -0.4 is 5.32 Å². The molecule has 140 valence electrons. The Morgan fingerprint density at radius 2 is 2.26 bits per heavy atom. The molecule has 2 N–H and O–H groups in total. The maximum absolute atomic E-state index is 12.6. The second kappa shape index (κ2) is 7.27. The summed E-state index contributed by atoms with van der Waals surface area (Å²) in [7, 11) is 0. The highest BCUT2D eigenvalue weighted by atomic mass is 16.5. The Balaban J connectivity index is 1.58. The highest BCUT2D eigenvalue weighted by molar-refractivity contribution is 6.04. The van der Waals surface area contributed by atoms with E-state index in [1.807, 2.05) is 12.1 Å². The zero-order valence-electron chi connectivity index (χ0n) is 14.9. The summed E-state index contributed by atoms with van der Waals surface area (Å²) in [5.41, 5.74) is 1.79. The second-order valence-corrected chi connectivity index (χ2v) is 7.05. The summed E-state index contributed by atoms with van der Waals surface area (Å²) in [6, 6.07) is 3.78. The number of nitriles is 1. The molecule has 1 saturated heterocycles. The number of nitrogens with one attached hydrogen (secondary N) is 2. The van der Waals surface area contributed by atoms with Crippen molar-refractivity contribution in [2.45, 2.75) is 44.2 Å². The maximum atomic E-state index is 12.6. The van der Waals surface area contributed by atoms with Crippen LogP contribution in [0.1, 0.15) is 42.5 Å². The van der Waals surface area contributed by atoms with Crippen LogP contribution in [0.25, 0.3) is 11.0 Å². The van der Waals surface area contributed by atoms with Crippen molar-refractivity contribution in [2.75, 3.05) is 18.4 Å². The lowest BCUT2D eigenvalue weighted by Crippen LogP contribution is -2.45. The van der Waals surface area contributed by atoms with E-state index in [0.29, 0.717) is 30.0 Å². The predicted molar refractivity (Wildman–Crippen MR) is 98.0 cm³/mol. The predicted octanol–water partition coefficient (Wildman–Crippen LogP) is 2.20. The molecule has 0 unspecified atom stereocenters. The molecule has 2 fully saturated rings. The summed E-state index contributed by atoms with van der Waals surface area (Å²) in [6.07, 6.45) is 6.76. The number of pyridine rings is 1. The molecule has 1 aliphatic carbocycles. The van der Waals surface area contributed by atoms with Crippen molar-refractivity contribution < 1.29 is 14.3 Å². The fourth-order valence-electron chi connectivity index (χ4n) is 3.42. The Kier molecular flexibility index (Phi) is 4.67. The Bertz CT molecular complexity index is 912. The minimum Gasteiger partial charge on any atom is -0.459 e. The van der Waals surface area contributed by atoms with Gasteiger partial charge in [0.25, 0.3) is 0 Å². The van der Waals surface area contributed by atoms with Gasteiger partial charge in [-0.2, -0.15) is 5.26 Å². The summed E-state index contributed by atoms with van der Waals surface area (Å²) in [4.78, 5) is 33.7. The lowest BCUT2D eigenvalue weighted by Gasteiger charge is -2.33. The zero-order valence-corrected chi connectivity index (χ0v) is 14.9. The maximum Gasteiger partial charge on any atom is 0.342 e. The lowest BCUT2D eigenvalue weighted by atomic mass is 10.0. The number of H-pyrrole nitrogens is 1. The van der Waals surface area contributed by atoms with Gasteiger partial charge in [-0.15, -0.1) is 0 Å². The number of amides is 1. The molecule has 0 bridgehead atoms. The van der Waals surface area contributed by atoms with Gasteiger partial charge in [-0.05, 0) is 31.7 Å². The number of fused-ring (bicyclic) bond motifs is 1. The molecule has 2 aromatic rings. The lowest BCUT2D eigenvalue weighted by molar-refractivity contribution is -0.131. The first kappa shape index (κ1) is 17.3.